The van der Waals surface area contributed by atoms with E-state index in [4.69, 9.17) is 26.4 Å². The van der Waals surface area contributed by atoms with E-state index in [0.29, 0.717) is 29.8 Å². The Kier molecular flexibility index (Phi) is 7.46. The summed E-state index contributed by atoms with van der Waals surface area (Å²) in [5.41, 5.74) is 14.1. The lowest BCUT2D eigenvalue weighted by Crippen LogP contribution is -2.42. The highest BCUT2D eigenvalue weighted by molar-refractivity contribution is 5.94. The van der Waals surface area contributed by atoms with Gasteiger partial charge in [-0.3, -0.25) is 9.59 Å². The molecular formula is C23H24N4O7. The zero-order valence-corrected chi connectivity index (χ0v) is 18.1. The van der Waals surface area contributed by atoms with Gasteiger partial charge >= 0.3 is 17.9 Å². The molecule has 11 heteroatoms. The summed E-state index contributed by atoms with van der Waals surface area (Å²) in [5, 5.41) is 20.0. The Labute approximate surface area is 194 Å². The molecule has 7 N–H and O–H groups in total. The standard InChI is InChI=1S/C23H24N4O7/c24-23(25)26-15-5-6-16-13(10-15)3-4-14-9-12(1-7-18(14)34-22(16)33)2-8-19(28)27-17(21(31)32)11-20(29)30/h1,5-7,9-10,17H,2-4,8,11H2,(H,27,28)(H,29,30)(H,31,32)(H4,24,25,26)/t17-/m0/s1. The topological polar surface area (TPSA) is 194 Å². The summed E-state index contributed by atoms with van der Waals surface area (Å²) in [6.07, 6.45) is 0.632. The number of aliphatic imine (C=N–C) groups is 1. The SMILES string of the molecule is NC(N)=Nc1ccc2c(c1)CCc1cc(CCC(=O)N[C@@H](CC(=O)O)C(=O)O)ccc1OC2=O. The van der Waals surface area contributed by atoms with Gasteiger partial charge in [-0.1, -0.05) is 12.1 Å². The van der Waals surface area contributed by atoms with Gasteiger partial charge in [0.05, 0.1) is 17.7 Å². The lowest BCUT2D eigenvalue weighted by molar-refractivity contribution is -0.147. The summed E-state index contributed by atoms with van der Waals surface area (Å²) in [4.78, 5) is 50.6. The minimum atomic E-state index is -1.50. The molecule has 0 radical (unpaired) electrons. The Morgan fingerprint density at radius 1 is 1.06 bits per heavy atom. The van der Waals surface area contributed by atoms with Crippen LogP contribution in [-0.4, -0.2) is 46.0 Å². The first-order valence-electron chi connectivity index (χ1n) is 10.4. The van der Waals surface area contributed by atoms with Crippen molar-refractivity contribution in [3.8, 4) is 5.75 Å². The predicted octanol–water partition coefficient (Wildman–Crippen LogP) is 0.886. The molecule has 2 aromatic carbocycles. The van der Waals surface area contributed by atoms with Crippen molar-refractivity contribution in [2.75, 3.05) is 0 Å². The molecule has 0 saturated carbocycles. The normalized spacial score (nSPS) is 13.2. The Morgan fingerprint density at radius 2 is 1.79 bits per heavy atom. The van der Waals surface area contributed by atoms with Gasteiger partial charge in [0.2, 0.25) is 5.91 Å². The Morgan fingerprint density at radius 3 is 2.47 bits per heavy atom. The molecule has 3 rings (SSSR count). The third kappa shape index (κ3) is 6.31. The largest absolute Gasteiger partial charge is 0.481 e. The van der Waals surface area contributed by atoms with Gasteiger partial charge in [0.1, 0.15) is 11.8 Å². The Bertz CT molecular complexity index is 1170. The van der Waals surface area contributed by atoms with E-state index in [0.717, 1.165) is 16.7 Å². The van der Waals surface area contributed by atoms with Crippen LogP contribution in [0.15, 0.2) is 41.4 Å². The summed E-state index contributed by atoms with van der Waals surface area (Å²) in [6.45, 7) is 0. The summed E-state index contributed by atoms with van der Waals surface area (Å²) in [5.74, 6) is -3.49. The quantitative estimate of drug-likeness (QED) is 0.162. The van der Waals surface area contributed by atoms with Crippen molar-refractivity contribution in [1.29, 1.82) is 0 Å². The zero-order chi connectivity index (χ0) is 24.8. The lowest BCUT2D eigenvalue weighted by atomic mass is 9.95. The number of benzene rings is 2. The van der Waals surface area contributed by atoms with Crippen LogP contribution in [0.3, 0.4) is 0 Å². The van der Waals surface area contributed by atoms with Gasteiger partial charge < -0.3 is 31.7 Å². The minimum Gasteiger partial charge on any atom is -0.481 e. The molecule has 1 amide bonds. The predicted molar refractivity (Wildman–Crippen MR) is 121 cm³/mol. The Balaban J connectivity index is 1.70. The van der Waals surface area contributed by atoms with Crippen molar-refractivity contribution in [1.82, 2.24) is 5.32 Å². The van der Waals surface area contributed by atoms with Crippen molar-refractivity contribution in [3.05, 3.63) is 58.7 Å². The molecule has 0 bridgehead atoms. The second kappa shape index (κ2) is 10.5. The molecular weight excluding hydrogens is 444 g/mol. The highest BCUT2D eigenvalue weighted by Crippen LogP contribution is 2.29. The van der Waals surface area contributed by atoms with Gasteiger partial charge in [0.15, 0.2) is 5.96 Å². The molecule has 1 heterocycles. The van der Waals surface area contributed by atoms with Crippen LogP contribution in [0.2, 0.25) is 0 Å². The van der Waals surface area contributed by atoms with Gasteiger partial charge in [0, 0.05) is 6.42 Å². The van der Waals surface area contributed by atoms with Crippen molar-refractivity contribution in [2.45, 2.75) is 38.1 Å². The third-order valence-corrected chi connectivity index (χ3v) is 5.21. The number of nitrogens with zero attached hydrogens (tertiary/aromatic N) is 1. The van der Waals surface area contributed by atoms with Crippen LogP contribution < -0.4 is 21.5 Å². The molecule has 1 aliphatic rings. The number of amides is 1. The number of carboxylic acid groups (broad SMARTS) is 2. The smallest absolute Gasteiger partial charge is 0.343 e. The molecule has 34 heavy (non-hydrogen) atoms. The van der Waals surface area contributed by atoms with Crippen LogP contribution in [0.5, 0.6) is 5.75 Å². The second-order valence-electron chi connectivity index (χ2n) is 7.77. The number of esters is 1. The van der Waals surface area contributed by atoms with Gasteiger partial charge in [-0.2, -0.15) is 0 Å². The van der Waals surface area contributed by atoms with Crippen LogP contribution >= 0.6 is 0 Å². The molecule has 1 aliphatic heterocycles. The Hall–Kier alpha value is -4.41. The van der Waals surface area contributed by atoms with E-state index in [9.17, 15) is 19.2 Å². The first kappa shape index (κ1) is 24.2. The number of hydrogen-bond acceptors (Lipinski definition) is 6. The average molecular weight is 468 g/mol. The number of hydrogen-bond donors (Lipinski definition) is 5. The number of carbonyl (C=O) groups excluding carboxylic acids is 2. The van der Waals surface area contributed by atoms with Gasteiger partial charge in [-0.05, 0) is 60.2 Å². The molecule has 0 unspecified atom stereocenters. The molecule has 0 aliphatic carbocycles. The first-order valence-corrected chi connectivity index (χ1v) is 10.4. The number of rotatable bonds is 8. The fraction of sp³-hybridized carbons (Fsp3) is 0.261. The van der Waals surface area contributed by atoms with Gasteiger partial charge in [-0.25, -0.2) is 14.6 Å². The first-order chi connectivity index (χ1) is 16.1. The number of ether oxygens (including phenoxy) is 1. The van der Waals surface area contributed by atoms with Crippen LogP contribution in [0.1, 0.15) is 39.9 Å². The van der Waals surface area contributed by atoms with E-state index >= 15 is 0 Å². The van der Waals surface area contributed by atoms with Crippen molar-refractivity contribution < 1.29 is 34.1 Å². The van der Waals surface area contributed by atoms with Crippen LogP contribution in [-0.2, 0) is 33.6 Å². The van der Waals surface area contributed by atoms with Crippen LogP contribution in [0, 0.1) is 0 Å². The maximum Gasteiger partial charge on any atom is 0.343 e. The maximum absolute atomic E-state index is 12.6. The third-order valence-electron chi connectivity index (χ3n) is 5.21. The fourth-order valence-corrected chi connectivity index (χ4v) is 3.61. The van der Waals surface area contributed by atoms with E-state index < -0.39 is 36.3 Å². The van der Waals surface area contributed by atoms with Crippen LogP contribution in [0.25, 0.3) is 0 Å². The number of carboxylic acids is 2. The molecule has 0 aromatic heterocycles. The van der Waals surface area contributed by atoms with Gasteiger partial charge in [0.25, 0.3) is 0 Å². The van der Waals surface area contributed by atoms with Crippen molar-refractivity contribution in [2.24, 2.45) is 16.5 Å². The summed E-state index contributed by atoms with van der Waals surface area (Å²) < 4.78 is 5.56. The number of fused-ring (bicyclic) bond motifs is 2. The summed E-state index contributed by atoms with van der Waals surface area (Å²) in [6, 6.07) is 8.68. The lowest BCUT2D eigenvalue weighted by Gasteiger charge is -2.18. The second-order valence-corrected chi connectivity index (χ2v) is 7.77. The molecule has 178 valence electrons. The number of aliphatic carboxylic acids is 2. The molecule has 2 aromatic rings. The maximum atomic E-state index is 12.6. The average Bonchev–Trinajstić information content (AvgIpc) is 2.75. The number of aryl methyl sites for hydroxylation is 3. The molecule has 11 nitrogen and oxygen atoms in total. The zero-order valence-electron chi connectivity index (χ0n) is 18.1. The van der Waals surface area contributed by atoms with E-state index in [2.05, 4.69) is 10.3 Å². The monoisotopic (exact) mass is 468 g/mol. The highest BCUT2D eigenvalue weighted by Gasteiger charge is 2.23. The molecule has 1 atom stereocenters. The number of guanidine groups is 1. The van der Waals surface area contributed by atoms with Crippen LogP contribution in [0.4, 0.5) is 5.69 Å². The molecule has 0 spiro atoms. The number of nitrogens with two attached hydrogens (primary N) is 2. The van der Waals surface area contributed by atoms with E-state index in [-0.39, 0.29) is 18.8 Å². The number of carbonyl (C=O) groups is 4. The minimum absolute atomic E-state index is 0.0350. The number of nitrogens with one attached hydrogen (secondary N) is 1. The summed E-state index contributed by atoms with van der Waals surface area (Å²) >= 11 is 0. The van der Waals surface area contributed by atoms with Gasteiger partial charge in [-0.15, -0.1) is 0 Å². The summed E-state index contributed by atoms with van der Waals surface area (Å²) in [7, 11) is 0. The highest BCUT2D eigenvalue weighted by atomic mass is 16.5. The van der Waals surface area contributed by atoms with E-state index in [1.54, 1.807) is 30.3 Å². The van der Waals surface area contributed by atoms with E-state index in [1.165, 1.54) is 0 Å². The van der Waals surface area contributed by atoms with Crippen molar-refractivity contribution in [3.63, 3.8) is 0 Å². The molecule has 0 saturated heterocycles. The van der Waals surface area contributed by atoms with Crippen molar-refractivity contribution >= 4 is 35.5 Å². The fourth-order valence-electron chi connectivity index (χ4n) is 3.61. The molecule has 0 fully saturated rings. The van der Waals surface area contributed by atoms with E-state index in [1.807, 2.05) is 6.07 Å².